The zero-order chi connectivity index (χ0) is 25.6. The first kappa shape index (κ1) is 27.9. The predicted octanol–water partition coefficient (Wildman–Crippen LogP) is 4.23. The van der Waals surface area contributed by atoms with Gasteiger partial charge in [-0.3, -0.25) is 13.9 Å². The summed E-state index contributed by atoms with van der Waals surface area (Å²) in [6.07, 6.45) is 1.55. The average Bonchev–Trinajstić information content (AvgIpc) is 2.76. The summed E-state index contributed by atoms with van der Waals surface area (Å²) in [6, 6.07) is 8.94. The summed E-state index contributed by atoms with van der Waals surface area (Å²) in [6.45, 7) is 4.38. The lowest BCUT2D eigenvalue weighted by Gasteiger charge is -2.32. The maximum Gasteiger partial charge on any atom is 0.244 e. The molecule has 0 aliphatic rings. The second kappa shape index (κ2) is 11.9. The molecule has 2 rings (SSSR count). The molecule has 11 heteroatoms. The Balaban J connectivity index is 2.46. The van der Waals surface area contributed by atoms with Crippen LogP contribution in [-0.4, -0.2) is 50.0 Å². The number of nitrogens with zero attached hydrogens (tertiary/aromatic N) is 2. The number of carbonyl (C=O) groups is 2. The third kappa shape index (κ3) is 7.07. The number of para-hydroxylation sites is 1. The quantitative estimate of drug-likeness (QED) is 0.496. The van der Waals surface area contributed by atoms with Crippen LogP contribution in [0.5, 0.6) is 0 Å². The van der Waals surface area contributed by atoms with E-state index in [4.69, 9.17) is 23.2 Å². The van der Waals surface area contributed by atoms with Crippen molar-refractivity contribution >= 4 is 50.7 Å². The molecule has 2 aromatic carbocycles. The van der Waals surface area contributed by atoms with Gasteiger partial charge in [0.1, 0.15) is 18.4 Å². The summed E-state index contributed by atoms with van der Waals surface area (Å²) in [5.74, 6) is -1.96. The highest BCUT2D eigenvalue weighted by atomic mass is 35.5. The Labute approximate surface area is 209 Å². The molecule has 7 nitrogen and oxygen atoms in total. The maximum absolute atomic E-state index is 14.4. The molecular formula is C23H28Cl2FN3O4S. The number of amides is 2. The molecule has 2 amide bonds. The van der Waals surface area contributed by atoms with E-state index in [-0.39, 0.29) is 28.3 Å². The van der Waals surface area contributed by atoms with Gasteiger partial charge < -0.3 is 10.2 Å². The molecule has 0 bridgehead atoms. The maximum atomic E-state index is 14.4. The number of halogens is 3. The first-order valence-corrected chi connectivity index (χ1v) is 13.2. The van der Waals surface area contributed by atoms with Crippen molar-refractivity contribution in [2.24, 2.45) is 0 Å². The van der Waals surface area contributed by atoms with Gasteiger partial charge in [-0.1, -0.05) is 48.3 Å². The Bertz CT molecular complexity index is 1130. The SMILES string of the molecule is CC[C@@H](C)NC(=O)[C@@H](C)N(Cc1c(Cl)cccc1Cl)C(=O)CN(c1ccccc1F)S(C)(=O)=O. The van der Waals surface area contributed by atoms with Gasteiger partial charge in [0, 0.05) is 28.2 Å². The van der Waals surface area contributed by atoms with Crippen LogP contribution in [0.15, 0.2) is 42.5 Å². The normalized spacial score (nSPS) is 13.1. The summed E-state index contributed by atoms with van der Waals surface area (Å²) in [7, 11) is -4.03. The van der Waals surface area contributed by atoms with Gasteiger partial charge in [0.25, 0.3) is 0 Å². The van der Waals surface area contributed by atoms with Gasteiger partial charge >= 0.3 is 0 Å². The number of carbonyl (C=O) groups excluding carboxylic acids is 2. The van der Waals surface area contributed by atoms with E-state index < -0.39 is 40.2 Å². The standard InChI is InChI=1S/C23H28Cl2FN3O4S/c1-5-15(2)27-23(31)16(3)28(13-17-18(24)9-8-10-19(17)25)22(30)14-29(34(4,32)33)21-12-7-6-11-20(21)26/h6-12,15-16H,5,13-14H2,1-4H3,(H,27,31)/t15-,16-/m1/s1. The van der Waals surface area contributed by atoms with Crippen molar-refractivity contribution in [2.75, 3.05) is 17.1 Å². The summed E-state index contributed by atoms with van der Waals surface area (Å²) in [4.78, 5) is 27.5. The Morgan fingerprint density at radius 3 is 2.18 bits per heavy atom. The van der Waals surface area contributed by atoms with Crippen LogP contribution < -0.4 is 9.62 Å². The smallest absolute Gasteiger partial charge is 0.244 e. The van der Waals surface area contributed by atoms with Crippen molar-refractivity contribution in [2.45, 2.75) is 45.8 Å². The summed E-state index contributed by atoms with van der Waals surface area (Å²) < 4.78 is 40.0. The summed E-state index contributed by atoms with van der Waals surface area (Å²) >= 11 is 12.6. The molecule has 186 valence electrons. The molecule has 0 aromatic heterocycles. The zero-order valence-corrected chi connectivity index (χ0v) is 21.7. The van der Waals surface area contributed by atoms with E-state index in [9.17, 15) is 22.4 Å². The first-order chi connectivity index (χ1) is 15.9. The minimum Gasteiger partial charge on any atom is -0.352 e. The van der Waals surface area contributed by atoms with Crippen molar-refractivity contribution in [1.29, 1.82) is 0 Å². The van der Waals surface area contributed by atoms with Crippen LogP contribution in [-0.2, 0) is 26.2 Å². The second-order valence-electron chi connectivity index (χ2n) is 7.94. The number of benzene rings is 2. The van der Waals surface area contributed by atoms with Crippen LogP contribution >= 0.6 is 23.2 Å². The largest absolute Gasteiger partial charge is 0.352 e. The van der Waals surface area contributed by atoms with E-state index >= 15 is 0 Å². The fourth-order valence-electron chi connectivity index (χ4n) is 3.15. The predicted molar refractivity (Wildman–Crippen MR) is 133 cm³/mol. The van der Waals surface area contributed by atoms with Gasteiger partial charge in [-0.2, -0.15) is 0 Å². The van der Waals surface area contributed by atoms with E-state index in [2.05, 4.69) is 5.32 Å². The summed E-state index contributed by atoms with van der Waals surface area (Å²) in [5.41, 5.74) is 0.130. The third-order valence-corrected chi connectivity index (χ3v) is 7.19. The highest BCUT2D eigenvalue weighted by Crippen LogP contribution is 2.27. The van der Waals surface area contributed by atoms with Gasteiger partial charge in [-0.05, 0) is 44.5 Å². The van der Waals surface area contributed by atoms with Gasteiger partial charge in [0.05, 0.1) is 11.9 Å². The number of hydrogen-bond donors (Lipinski definition) is 1. The Hall–Kier alpha value is -2.36. The van der Waals surface area contributed by atoms with E-state index in [1.54, 1.807) is 18.2 Å². The van der Waals surface area contributed by atoms with Crippen LogP contribution in [0.2, 0.25) is 10.0 Å². The van der Waals surface area contributed by atoms with E-state index in [1.165, 1.54) is 30.0 Å². The molecular weight excluding hydrogens is 504 g/mol. The Morgan fingerprint density at radius 1 is 1.06 bits per heavy atom. The van der Waals surface area contributed by atoms with Crippen molar-refractivity contribution in [3.8, 4) is 0 Å². The lowest BCUT2D eigenvalue weighted by molar-refractivity contribution is -0.139. The molecule has 0 saturated heterocycles. The van der Waals surface area contributed by atoms with Crippen LogP contribution in [0.3, 0.4) is 0 Å². The first-order valence-electron chi connectivity index (χ1n) is 10.6. The van der Waals surface area contributed by atoms with Crippen LogP contribution in [0.1, 0.15) is 32.8 Å². The zero-order valence-electron chi connectivity index (χ0n) is 19.4. The molecule has 0 aliphatic carbocycles. The van der Waals surface area contributed by atoms with E-state index in [1.807, 2.05) is 13.8 Å². The minimum atomic E-state index is -4.03. The molecule has 2 aromatic rings. The van der Waals surface area contributed by atoms with Crippen LogP contribution in [0.25, 0.3) is 0 Å². The van der Waals surface area contributed by atoms with Crippen LogP contribution in [0.4, 0.5) is 10.1 Å². The van der Waals surface area contributed by atoms with Gasteiger partial charge in [-0.15, -0.1) is 0 Å². The van der Waals surface area contributed by atoms with Crippen LogP contribution in [0, 0.1) is 5.82 Å². The number of nitrogens with one attached hydrogen (secondary N) is 1. The topological polar surface area (TPSA) is 86.8 Å². The summed E-state index contributed by atoms with van der Waals surface area (Å²) in [5, 5.41) is 3.39. The number of hydrogen-bond acceptors (Lipinski definition) is 4. The molecule has 0 unspecified atom stereocenters. The van der Waals surface area contributed by atoms with Crippen molar-refractivity contribution in [3.63, 3.8) is 0 Å². The second-order valence-corrected chi connectivity index (χ2v) is 10.7. The van der Waals surface area contributed by atoms with Crippen molar-refractivity contribution in [3.05, 3.63) is 63.9 Å². The van der Waals surface area contributed by atoms with E-state index in [0.29, 0.717) is 16.3 Å². The molecule has 1 N–H and O–H groups in total. The number of rotatable bonds is 10. The molecule has 0 heterocycles. The fourth-order valence-corrected chi connectivity index (χ4v) is 4.52. The lowest BCUT2D eigenvalue weighted by Crippen LogP contribution is -2.52. The molecule has 0 fully saturated rings. The molecule has 0 saturated carbocycles. The van der Waals surface area contributed by atoms with Gasteiger partial charge in [0.15, 0.2) is 0 Å². The molecule has 0 spiro atoms. The van der Waals surface area contributed by atoms with Gasteiger partial charge in [-0.25, -0.2) is 12.8 Å². The van der Waals surface area contributed by atoms with Crippen molar-refractivity contribution < 1.29 is 22.4 Å². The third-order valence-electron chi connectivity index (χ3n) is 5.36. The average molecular weight is 532 g/mol. The highest BCUT2D eigenvalue weighted by Gasteiger charge is 2.32. The Morgan fingerprint density at radius 2 is 1.65 bits per heavy atom. The molecule has 2 atom stereocenters. The molecule has 0 radical (unpaired) electrons. The van der Waals surface area contributed by atoms with Crippen molar-refractivity contribution in [1.82, 2.24) is 10.2 Å². The minimum absolute atomic E-state index is 0.137. The highest BCUT2D eigenvalue weighted by molar-refractivity contribution is 7.92. The lowest BCUT2D eigenvalue weighted by atomic mass is 10.1. The number of sulfonamides is 1. The monoisotopic (exact) mass is 531 g/mol. The fraction of sp³-hybridized carbons (Fsp3) is 0.391. The number of anilines is 1. The van der Waals surface area contributed by atoms with E-state index in [0.717, 1.165) is 12.3 Å². The van der Waals surface area contributed by atoms with Gasteiger partial charge in [0.2, 0.25) is 21.8 Å². The molecule has 34 heavy (non-hydrogen) atoms. The Kier molecular flexibility index (Phi) is 9.73. The molecule has 0 aliphatic heterocycles.